The second-order valence-corrected chi connectivity index (χ2v) is 7.83. The number of carbonyl (C=O) groups is 1. The first-order chi connectivity index (χ1) is 14.0. The molecule has 1 saturated carbocycles. The van der Waals surface area contributed by atoms with Gasteiger partial charge in [0, 0.05) is 17.4 Å². The van der Waals surface area contributed by atoms with Crippen LogP contribution in [-0.2, 0) is 14.9 Å². The predicted molar refractivity (Wildman–Crippen MR) is 114 cm³/mol. The summed E-state index contributed by atoms with van der Waals surface area (Å²) in [5, 5.41) is 9.68. The first-order valence-corrected chi connectivity index (χ1v) is 10.4. The zero-order chi connectivity index (χ0) is 20.7. The third kappa shape index (κ3) is 5.20. The lowest BCUT2D eigenvalue weighted by Gasteiger charge is -2.38. The van der Waals surface area contributed by atoms with Crippen molar-refractivity contribution < 1.29 is 19.4 Å². The molecular weight excluding hydrogens is 364 g/mol. The van der Waals surface area contributed by atoms with Gasteiger partial charge in [0.2, 0.25) is 0 Å². The van der Waals surface area contributed by atoms with Crippen LogP contribution in [0.5, 0.6) is 11.5 Å². The Balaban J connectivity index is 1.63. The molecule has 0 heterocycles. The van der Waals surface area contributed by atoms with Crippen molar-refractivity contribution in [1.29, 1.82) is 0 Å². The van der Waals surface area contributed by atoms with E-state index in [2.05, 4.69) is 30.8 Å². The first-order valence-electron chi connectivity index (χ1n) is 10.4. The van der Waals surface area contributed by atoms with Crippen LogP contribution in [-0.4, -0.2) is 24.3 Å². The molecule has 1 fully saturated rings. The molecule has 0 radical (unpaired) electrons. The maximum absolute atomic E-state index is 11.4. The van der Waals surface area contributed by atoms with Crippen LogP contribution in [0, 0.1) is 0 Å². The fourth-order valence-corrected chi connectivity index (χ4v) is 4.09. The van der Waals surface area contributed by atoms with Gasteiger partial charge >= 0.3 is 5.97 Å². The fraction of sp³-hybridized carbons (Fsp3) is 0.400. The summed E-state index contributed by atoms with van der Waals surface area (Å²) in [7, 11) is 0. The lowest BCUT2D eigenvalue weighted by molar-refractivity contribution is -0.139. The maximum Gasteiger partial charge on any atom is 0.333 e. The van der Waals surface area contributed by atoms with Crippen LogP contribution in [0.1, 0.15) is 56.6 Å². The maximum atomic E-state index is 11.4. The van der Waals surface area contributed by atoms with Crippen molar-refractivity contribution in [2.24, 2.45) is 0 Å². The number of esters is 1. The van der Waals surface area contributed by atoms with Gasteiger partial charge in [0.05, 0.1) is 13.2 Å². The Labute approximate surface area is 173 Å². The number of ether oxygens (including phenoxy) is 2. The van der Waals surface area contributed by atoms with E-state index < -0.39 is 0 Å². The Bertz CT molecular complexity index is 815. The molecule has 1 aliphatic rings. The first kappa shape index (κ1) is 21.0. The quantitative estimate of drug-likeness (QED) is 0.363. The molecule has 4 nitrogen and oxygen atoms in total. The van der Waals surface area contributed by atoms with E-state index in [1.54, 1.807) is 19.1 Å². The summed E-state index contributed by atoms with van der Waals surface area (Å²) in [6.45, 7) is 6.02. The highest BCUT2D eigenvalue weighted by Gasteiger charge is 2.35. The number of rotatable bonds is 8. The summed E-state index contributed by atoms with van der Waals surface area (Å²) in [5.41, 5.74) is 2.97. The van der Waals surface area contributed by atoms with Gasteiger partial charge in [0.15, 0.2) is 0 Å². The molecule has 29 heavy (non-hydrogen) atoms. The van der Waals surface area contributed by atoms with Crippen molar-refractivity contribution in [3.8, 4) is 11.5 Å². The SMILES string of the molecule is C=C(C)C(=O)OCCCOc1ccc(C2(c3ccc(O)cc3)CCCCC2)cc1. The van der Waals surface area contributed by atoms with Gasteiger partial charge in [-0.3, -0.25) is 0 Å². The van der Waals surface area contributed by atoms with Gasteiger partial charge in [-0.2, -0.15) is 0 Å². The van der Waals surface area contributed by atoms with Crippen molar-refractivity contribution in [2.75, 3.05) is 13.2 Å². The molecule has 2 aromatic carbocycles. The number of phenols is 1. The number of hydrogen-bond acceptors (Lipinski definition) is 4. The molecule has 0 aromatic heterocycles. The zero-order valence-electron chi connectivity index (χ0n) is 17.2. The number of phenolic OH excluding ortho intramolecular Hbond substituents is 1. The zero-order valence-corrected chi connectivity index (χ0v) is 17.2. The van der Waals surface area contributed by atoms with E-state index in [9.17, 15) is 9.90 Å². The Morgan fingerprint density at radius 2 is 1.55 bits per heavy atom. The lowest BCUT2D eigenvalue weighted by Crippen LogP contribution is -2.30. The van der Waals surface area contributed by atoms with E-state index in [-0.39, 0.29) is 11.4 Å². The van der Waals surface area contributed by atoms with Crippen molar-refractivity contribution >= 4 is 5.97 Å². The van der Waals surface area contributed by atoms with Crippen molar-refractivity contribution in [2.45, 2.75) is 50.9 Å². The Morgan fingerprint density at radius 3 is 2.14 bits per heavy atom. The minimum atomic E-state index is -0.360. The molecule has 1 aliphatic carbocycles. The van der Waals surface area contributed by atoms with E-state index in [1.165, 1.54) is 30.4 Å². The Kier molecular flexibility index (Phi) is 6.97. The second kappa shape index (κ2) is 9.64. The van der Waals surface area contributed by atoms with Gasteiger partial charge in [-0.25, -0.2) is 4.79 Å². The fourth-order valence-electron chi connectivity index (χ4n) is 4.09. The Hall–Kier alpha value is -2.75. The molecule has 0 aliphatic heterocycles. The van der Waals surface area contributed by atoms with E-state index in [0.717, 1.165) is 18.6 Å². The summed E-state index contributed by atoms with van der Waals surface area (Å²) >= 11 is 0. The molecular formula is C25H30O4. The van der Waals surface area contributed by atoms with Gasteiger partial charge in [0.25, 0.3) is 0 Å². The van der Waals surface area contributed by atoms with Crippen LogP contribution < -0.4 is 4.74 Å². The summed E-state index contributed by atoms with van der Waals surface area (Å²) in [4.78, 5) is 11.4. The van der Waals surface area contributed by atoms with Crippen molar-refractivity contribution in [3.05, 3.63) is 71.8 Å². The average molecular weight is 395 g/mol. The van der Waals surface area contributed by atoms with Crippen LogP contribution in [0.25, 0.3) is 0 Å². The highest BCUT2D eigenvalue weighted by molar-refractivity contribution is 5.86. The van der Waals surface area contributed by atoms with Crippen LogP contribution in [0.4, 0.5) is 0 Å². The average Bonchev–Trinajstić information content (AvgIpc) is 2.74. The van der Waals surface area contributed by atoms with Crippen molar-refractivity contribution in [1.82, 2.24) is 0 Å². The molecule has 2 aromatic rings. The number of carbonyl (C=O) groups excluding carboxylic acids is 1. The molecule has 0 amide bonds. The monoisotopic (exact) mass is 394 g/mol. The van der Waals surface area contributed by atoms with Gasteiger partial charge < -0.3 is 14.6 Å². The molecule has 0 spiro atoms. The summed E-state index contributed by atoms with van der Waals surface area (Å²) in [5.74, 6) is 0.760. The van der Waals surface area contributed by atoms with Crippen LogP contribution in [0.3, 0.4) is 0 Å². The molecule has 0 bridgehead atoms. The molecule has 0 unspecified atom stereocenters. The molecule has 154 valence electrons. The normalized spacial score (nSPS) is 15.5. The minimum Gasteiger partial charge on any atom is -0.508 e. The number of benzene rings is 2. The van der Waals surface area contributed by atoms with Crippen LogP contribution in [0.15, 0.2) is 60.7 Å². The smallest absolute Gasteiger partial charge is 0.333 e. The molecule has 3 rings (SSSR count). The second-order valence-electron chi connectivity index (χ2n) is 7.83. The Morgan fingerprint density at radius 1 is 0.966 bits per heavy atom. The van der Waals surface area contributed by atoms with Crippen LogP contribution in [0.2, 0.25) is 0 Å². The van der Waals surface area contributed by atoms with E-state index in [4.69, 9.17) is 9.47 Å². The standard InChI is InChI=1S/C25H30O4/c1-19(2)24(27)29-18-6-17-28-23-13-9-21(10-14-23)25(15-4-3-5-16-25)20-7-11-22(26)12-8-20/h7-14,26H,1,3-6,15-18H2,2H3. The third-order valence-corrected chi connectivity index (χ3v) is 5.67. The lowest BCUT2D eigenvalue weighted by atomic mass is 9.65. The summed E-state index contributed by atoms with van der Waals surface area (Å²) in [6.07, 6.45) is 6.57. The van der Waals surface area contributed by atoms with Crippen molar-refractivity contribution in [3.63, 3.8) is 0 Å². The topological polar surface area (TPSA) is 55.8 Å². The van der Waals surface area contributed by atoms with Crippen LogP contribution >= 0.6 is 0 Å². The largest absolute Gasteiger partial charge is 0.508 e. The van der Waals surface area contributed by atoms with E-state index in [0.29, 0.717) is 31.0 Å². The number of hydrogen-bond donors (Lipinski definition) is 1. The van der Waals surface area contributed by atoms with E-state index >= 15 is 0 Å². The van der Waals surface area contributed by atoms with Gasteiger partial charge in [-0.15, -0.1) is 0 Å². The van der Waals surface area contributed by atoms with E-state index in [1.807, 2.05) is 12.1 Å². The highest BCUT2D eigenvalue weighted by Crippen LogP contribution is 2.45. The predicted octanol–water partition coefficient (Wildman–Crippen LogP) is 5.53. The summed E-state index contributed by atoms with van der Waals surface area (Å²) < 4.78 is 10.9. The molecule has 1 N–H and O–H groups in total. The molecule has 4 heteroatoms. The minimum absolute atomic E-state index is 0.00122. The number of aromatic hydroxyl groups is 1. The van der Waals surface area contributed by atoms with Gasteiger partial charge in [0.1, 0.15) is 11.5 Å². The molecule has 0 saturated heterocycles. The van der Waals surface area contributed by atoms with Gasteiger partial charge in [-0.1, -0.05) is 50.1 Å². The summed E-state index contributed by atoms with van der Waals surface area (Å²) in [6, 6.07) is 16.0. The molecule has 0 atom stereocenters. The van der Waals surface area contributed by atoms with Gasteiger partial charge in [-0.05, 0) is 55.2 Å². The highest BCUT2D eigenvalue weighted by atomic mass is 16.5. The third-order valence-electron chi connectivity index (χ3n) is 5.67.